The Hall–Kier alpha value is -1.59. The molecule has 0 spiro atoms. The number of amides is 2. The van der Waals surface area contributed by atoms with E-state index in [1.54, 1.807) is 30.1 Å². The first-order valence-corrected chi connectivity index (χ1v) is 8.83. The molecular weight excluding hydrogens is 326 g/mol. The predicted molar refractivity (Wildman–Crippen MR) is 97.5 cm³/mol. The summed E-state index contributed by atoms with van der Waals surface area (Å²) in [6.07, 6.45) is 2.46. The van der Waals surface area contributed by atoms with E-state index in [1.165, 1.54) is 0 Å². The summed E-state index contributed by atoms with van der Waals surface area (Å²) in [5.41, 5.74) is 1.01. The molecular formula is C18H26ClN3O2. The van der Waals surface area contributed by atoms with E-state index in [2.05, 4.69) is 10.6 Å². The van der Waals surface area contributed by atoms with E-state index >= 15 is 0 Å². The third kappa shape index (κ3) is 4.95. The van der Waals surface area contributed by atoms with E-state index in [1.807, 2.05) is 13.8 Å². The summed E-state index contributed by atoms with van der Waals surface area (Å²) in [4.78, 5) is 26.2. The van der Waals surface area contributed by atoms with Crippen molar-refractivity contribution in [2.24, 2.45) is 5.92 Å². The average Bonchev–Trinajstić information content (AvgIpc) is 3.07. The molecule has 1 fully saturated rings. The van der Waals surface area contributed by atoms with Crippen LogP contribution >= 0.6 is 11.6 Å². The van der Waals surface area contributed by atoms with E-state index < -0.39 is 0 Å². The Morgan fingerprint density at radius 3 is 2.79 bits per heavy atom. The molecule has 0 bridgehead atoms. The molecule has 1 unspecified atom stereocenters. The minimum atomic E-state index is -0.0887. The van der Waals surface area contributed by atoms with Crippen molar-refractivity contribution >= 4 is 29.1 Å². The molecule has 2 rings (SSSR count). The van der Waals surface area contributed by atoms with Gasteiger partial charge in [-0.3, -0.25) is 9.59 Å². The van der Waals surface area contributed by atoms with Crippen LogP contribution in [-0.4, -0.2) is 42.9 Å². The van der Waals surface area contributed by atoms with Crippen molar-refractivity contribution in [2.75, 3.05) is 25.5 Å². The molecule has 2 N–H and O–H groups in total. The Labute approximate surface area is 148 Å². The lowest BCUT2D eigenvalue weighted by Gasteiger charge is -2.22. The molecule has 0 aliphatic carbocycles. The van der Waals surface area contributed by atoms with Gasteiger partial charge in [-0.25, -0.2) is 0 Å². The van der Waals surface area contributed by atoms with Gasteiger partial charge in [-0.2, -0.15) is 0 Å². The quantitative estimate of drug-likeness (QED) is 0.827. The summed E-state index contributed by atoms with van der Waals surface area (Å²) in [6, 6.07) is 5.09. The fourth-order valence-electron chi connectivity index (χ4n) is 2.70. The van der Waals surface area contributed by atoms with Gasteiger partial charge in [0.2, 0.25) is 5.91 Å². The Morgan fingerprint density at radius 1 is 1.42 bits per heavy atom. The lowest BCUT2D eigenvalue weighted by molar-refractivity contribution is -0.116. The number of anilines is 1. The molecule has 24 heavy (non-hydrogen) atoms. The van der Waals surface area contributed by atoms with Gasteiger partial charge in [-0.05, 0) is 63.9 Å². The second-order valence-electron chi connectivity index (χ2n) is 6.65. The number of carbonyl (C=O) groups excluding carboxylic acids is 2. The second kappa shape index (κ2) is 8.49. The lowest BCUT2D eigenvalue weighted by Crippen LogP contribution is -2.33. The van der Waals surface area contributed by atoms with Crippen LogP contribution < -0.4 is 10.6 Å². The molecule has 1 atom stereocenters. The summed E-state index contributed by atoms with van der Waals surface area (Å²) < 4.78 is 0. The van der Waals surface area contributed by atoms with Crippen LogP contribution in [-0.2, 0) is 4.79 Å². The van der Waals surface area contributed by atoms with Crippen molar-refractivity contribution in [1.82, 2.24) is 10.2 Å². The lowest BCUT2D eigenvalue weighted by atomic mass is 10.0. The van der Waals surface area contributed by atoms with E-state index in [0.717, 1.165) is 25.9 Å². The maximum absolute atomic E-state index is 12.4. The standard InChI is InChI=1S/C18H26ClN3O2/c1-12(2)22(3)18(24)14-5-6-15(19)16(10-14)21-17(23)7-4-13-8-9-20-11-13/h5-6,10,12-13,20H,4,7-9,11H2,1-3H3,(H,21,23). The maximum Gasteiger partial charge on any atom is 0.253 e. The zero-order chi connectivity index (χ0) is 17.7. The molecule has 1 aromatic rings. The molecule has 2 amide bonds. The number of hydrogen-bond donors (Lipinski definition) is 2. The Morgan fingerprint density at radius 2 is 2.17 bits per heavy atom. The second-order valence-corrected chi connectivity index (χ2v) is 7.06. The van der Waals surface area contributed by atoms with Gasteiger partial charge in [0.1, 0.15) is 0 Å². The van der Waals surface area contributed by atoms with Gasteiger partial charge < -0.3 is 15.5 Å². The molecule has 1 heterocycles. The summed E-state index contributed by atoms with van der Waals surface area (Å²) >= 11 is 6.16. The zero-order valence-electron chi connectivity index (χ0n) is 14.6. The minimum absolute atomic E-state index is 0.0642. The third-order valence-electron chi connectivity index (χ3n) is 4.52. The Bertz CT molecular complexity index is 598. The fraction of sp³-hybridized carbons (Fsp3) is 0.556. The highest BCUT2D eigenvalue weighted by molar-refractivity contribution is 6.33. The van der Waals surface area contributed by atoms with Crippen molar-refractivity contribution in [3.05, 3.63) is 28.8 Å². The minimum Gasteiger partial charge on any atom is -0.339 e. The third-order valence-corrected chi connectivity index (χ3v) is 4.85. The Balaban J connectivity index is 1.99. The number of hydrogen-bond acceptors (Lipinski definition) is 3. The van der Waals surface area contributed by atoms with Crippen molar-refractivity contribution in [3.8, 4) is 0 Å². The van der Waals surface area contributed by atoms with Gasteiger partial charge in [0.15, 0.2) is 0 Å². The van der Waals surface area contributed by atoms with Gasteiger partial charge >= 0.3 is 0 Å². The largest absolute Gasteiger partial charge is 0.339 e. The van der Waals surface area contributed by atoms with E-state index in [0.29, 0.717) is 28.6 Å². The molecule has 1 aromatic carbocycles. The SMILES string of the molecule is CC(C)N(C)C(=O)c1ccc(Cl)c(NC(=O)CCC2CCNC2)c1. The highest BCUT2D eigenvalue weighted by atomic mass is 35.5. The monoisotopic (exact) mass is 351 g/mol. The number of nitrogens with zero attached hydrogens (tertiary/aromatic N) is 1. The predicted octanol–water partition coefficient (Wildman–Crippen LogP) is 3.15. The molecule has 0 radical (unpaired) electrons. The molecule has 1 aliphatic rings. The van der Waals surface area contributed by atoms with Crippen LogP contribution in [0.5, 0.6) is 0 Å². The summed E-state index contributed by atoms with van der Waals surface area (Å²) in [5, 5.41) is 6.57. The molecule has 0 aromatic heterocycles. The van der Waals surface area contributed by atoms with Crippen LogP contribution in [0, 0.1) is 5.92 Å². The van der Waals surface area contributed by atoms with Crippen LogP contribution in [0.2, 0.25) is 5.02 Å². The van der Waals surface area contributed by atoms with Crippen LogP contribution in [0.15, 0.2) is 18.2 Å². The molecule has 6 heteroatoms. The molecule has 1 aliphatic heterocycles. The first-order chi connectivity index (χ1) is 11.4. The average molecular weight is 352 g/mol. The smallest absolute Gasteiger partial charge is 0.253 e. The van der Waals surface area contributed by atoms with Crippen molar-refractivity contribution in [3.63, 3.8) is 0 Å². The number of carbonyl (C=O) groups is 2. The first-order valence-electron chi connectivity index (χ1n) is 8.45. The Kier molecular flexibility index (Phi) is 6.63. The summed E-state index contributed by atoms with van der Waals surface area (Å²) in [5.74, 6) is 0.415. The van der Waals surface area contributed by atoms with Gasteiger partial charge in [0, 0.05) is 25.1 Å². The highest BCUT2D eigenvalue weighted by Crippen LogP contribution is 2.25. The van der Waals surface area contributed by atoms with E-state index in [4.69, 9.17) is 11.6 Å². The molecule has 1 saturated heterocycles. The summed E-state index contributed by atoms with van der Waals surface area (Å²) in [7, 11) is 1.76. The molecule has 0 saturated carbocycles. The van der Waals surface area contributed by atoms with Crippen LogP contribution in [0.25, 0.3) is 0 Å². The van der Waals surface area contributed by atoms with Crippen LogP contribution in [0.4, 0.5) is 5.69 Å². The van der Waals surface area contributed by atoms with Crippen LogP contribution in [0.1, 0.15) is 43.5 Å². The first kappa shape index (κ1) is 18.7. The normalized spacial score (nSPS) is 17.1. The number of rotatable bonds is 6. The van der Waals surface area contributed by atoms with Gasteiger partial charge in [-0.15, -0.1) is 0 Å². The van der Waals surface area contributed by atoms with E-state index in [9.17, 15) is 9.59 Å². The van der Waals surface area contributed by atoms with Crippen molar-refractivity contribution in [2.45, 2.75) is 39.2 Å². The van der Waals surface area contributed by atoms with Gasteiger partial charge in [0.25, 0.3) is 5.91 Å². The number of nitrogens with one attached hydrogen (secondary N) is 2. The van der Waals surface area contributed by atoms with Gasteiger partial charge in [-0.1, -0.05) is 11.6 Å². The highest BCUT2D eigenvalue weighted by Gasteiger charge is 2.18. The zero-order valence-corrected chi connectivity index (χ0v) is 15.3. The fourth-order valence-corrected chi connectivity index (χ4v) is 2.87. The van der Waals surface area contributed by atoms with Crippen LogP contribution in [0.3, 0.4) is 0 Å². The molecule has 5 nitrogen and oxygen atoms in total. The van der Waals surface area contributed by atoms with Gasteiger partial charge in [0.05, 0.1) is 10.7 Å². The number of halogens is 1. The van der Waals surface area contributed by atoms with E-state index in [-0.39, 0.29) is 17.9 Å². The molecule has 132 valence electrons. The number of benzene rings is 1. The van der Waals surface area contributed by atoms with Crippen molar-refractivity contribution < 1.29 is 9.59 Å². The topological polar surface area (TPSA) is 61.4 Å². The maximum atomic E-state index is 12.4. The van der Waals surface area contributed by atoms with Crippen molar-refractivity contribution in [1.29, 1.82) is 0 Å². The summed E-state index contributed by atoms with van der Waals surface area (Å²) in [6.45, 7) is 5.92.